The second-order valence-corrected chi connectivity index (χ2v) is 5.20. The minimum atomic E-state index is 0.628. The molecule has 0 amide bonds. The van der Waals surface area contributed by atoms with Gasteiger partial charge >= 0.3 is 0 Å². The number of aromatic nitrogens is 1. The van der Waals surface area contributed by atoms with Crippen LogP contribution in [0.4, 0.5) is 0 Å². The molecule has 1 fully saturated rings. The molecular formula is C15H23NO. The summed E-state index contributed by atoms with van der Waals surface area (Å²) in [6.07, 6.45) is 8.59. The van der Waals surface area contributed by atoms with Gasteiger partial charge in [-0.1, -0.05) is 26.2 Å². The average molecular weight is 233 g/mol. The Morgan fingerprint density at radius 3 is 2.29 bits per heavy atom. The van der Waals surface area contributed by atoms with Gasteiger partial charge in [-0.05, 0) is 38.7 Å². The predicted molar refractivity (Wildman–Crippen MR) is 70.8 cm³/mol. The van der Waals surface area contributed by atoms with Crippen molar-refractivity contribution in [1.82, 2.24) is 4.57 Å². The van der Waals surface area contributed by atoms with Gasteiger partial charge in [0.2, 0.25) is 0 Å². The van der Waals surface area contributed by atoms with Crippen LogP contribution < -0.4 is 0 Å². The molecule has 0 atom stereocenters. The van der Waals surface area contributed by atoms with Gasteiger partial charge in [0, 0.05) is 23.0 Å². The highest BCUT2D eigenvalue weighted by atomic mass is 16.1. The fourth-order valence-electron chi connectivity index (χ4n) is 3.43. The van der Waals surface area contributed by atoms with Crippen molar-refractivity contribution in [3.05, 3.63) is 22.5 Å². The van der Waals surface area contributed by atoms with Crippen molar-refractivity contribution in [3.8, 4) is 0 Å². The summed E-state index contributed by atoms with van der Waals surface area (Å²) >= 11 is 0. The summed E-state index contributed by atoms with van der Waals surface area (Å²) in [6.45, 7) is 6.41. The van der Waals surface area contributed by atoms with Crippen LogP contribution in [-0.4, -0.2) is 10.9 Å². The monoisotopic (exact) mass is 233 g/mol. The Kier molecular flexibility index (Phi) is 3.70. The fraction of sp³-hybridized carbons (Fsp3) is 0.667. The fourth-order valence-corrected chi connectivity index (χ4v) is 3.43. The molecular weight excluding hydrogens is 210 g/mol. The number of carbonyl (C=O) groups excluding carboxylic acids is 1. The number of rotatable bonds is 3. The molecule has 17 heavy (non-hydrogen) atoms. The van der Waals surface area contributed by atoms with Crippen LogP contribution in [0.25, 0.3) is 0 Å². The molecule has 1 aliphatic rings. The summed E-state index contributed by atoms with van der Waals surface area (Å²) in [7, 11) is 0. The molecule has 1 aromatic heterocycles. The second-order valence-electron chi connectivity index (χ2n) is 5.20. The van der Waals surface area contributed by atoms with Gasteiger partial charge in [-0.25, -0.2) is 0 Å². The first-order valence-corrected chi connectivity index (χ1v) is 6.86. The first kappa shape index (κ1) is 12.4. The number of nitrogens with zero attached hydrogens (tertiary/aromatic N) is 1. The van der Waals surface area contributed by atoms with Crippen molar-refractivity contribution in [2.45, 2.75) is 65.3 Å². The second kappa shape index (κ2) is 5.07. The molecule has 94 valence electrons. The standard InChI is InChI=1S/C15H23NO/c1-4-14-11(2)16(12(3)15(14)10-17)13-8-6-5-7-9-13/h10,13H,4-9H2,1-3H3. The van der Waals surface area contributed by atoms with Gasteiger partial charge in [-0.15, -0.1) is 0 Å². The number of carbonyl (C=O) groups is 1. The number of hydrogen-bond donors (Lipinski definition) is 0. The molecule has 0 aliphatic heterocycles. The van der Waals surface area contributed by atoms with Gasteiger partial charge in [0.25, 0.3) is 0 Å². The molecule has 0 N–H and O–H groups in total. The van der Waals surface area contributed by atoms with Crippen LogP contribution in [0.5, 0.6) is 0 Å². The normalized spacial score (nSPS) is 17.4. The highest BCUT2D eigenvalue weighted by Gasteiger charge is 2.22. The van der Waals surface area contributed by atoms with Crippen LogP contribution in [0, 0.1) is 13.8 Å². The lowest BCUT2D eigenvalue weighted by atomic mass is 9.95. The highest BCUT2D eigenvalue weighted by Crippen LogP contribution is 2.33. The van der Waals surface area contributed by atoms with Crippen LogP contribution in [-0.2, 0) is 6.42 Å². The lowest BCUT2D eigenvalue weighted by Gasteiger charge is -2.26. The van der Waals surface area contributed by atoms with E-state index in [0.29, 0.717) is 6.04 Å². The Morgan fingerprint density at radius 2 is 1.82 bits per heavy atom. The minimum Gasteiger partial charge on any atom is -0.345 e. The van der Waals surface area contributed by atoms with Gasteiger partial charge in [0.05, 0.1) is 0 Å². The van der Waals surface area contributed by atoms with E-state index in [1.807, 2.05) is 0 Å². The molecule has 0 spiro atoms. The Morgan fingerprint density at radius 1 is 1.18 bits per heavy atom. The summed E-state index contributed by atoms with van der Waals surface area (Å²) in [5.74, 6) is 0. The zero-order valence-electron chi connectivity index (χ0n) is 11.3. The molecule has 0 radical (unpaired) electrons. The predicted octanol–water partition coefficient (Wildman–Crippen LogP) is 3.99. The molecule has 1 saturated carbocycles. The van der Waals surface area contributed by atoms with Crippen LogP contribution >= 0.6 is 0 Å². The first-order chi connectivity index (χ1) is 8.20. The molecule has 2 rings (SSSR count). The Hall–Kier alpha value is -1.05. The topological polar surface area (TPSA) is 22.0 Å². The summed E-state index contributed by atoms with van der Waals surface area (Å²) < 4.78 is 2.43. The minimum absolute atomic E-state index is 0.628. The van der Waals surface area contributed by atoms with E-state index < -0.39 is 0 Å². The van der Waals surface area contributed by atoms with Crippen LogP contribution in [0.15, 0.2) is 0 Å². The van der Waals surface area contributed by atoms with Gasteiger partial charge in [0.15, 0.2) is 6.29 Å². The van der Waals surface area contributed by atoms with E-state index >= 15 is 0 Å². The van der Waals surface area contributed by atoms with Gasteiger partial charge in [0.1, 0.15) is 0 Å². The van der Waals surface area contributed by atoms with E-state index in [1.165, 1.54) is 49.1 Å². The molecule has 0 aromatic carbocycles. The number of hydrogen-bond acceptors (Lipinski definition) is 1. The molecule has 1 aromatic rings. The van der Waals surface area contributed by atoms with Crippen molar-refractivity contribution in [3.63, 3.8) is 0 Å². The van der Waals surface area contributed by atoms with Crippen molar-refractivity contribution >= 4 is 6.29 Å². The largest absolute Gasteiger partial charge is 0.345 e. The smallest absolute Gasteiger partial charge is 0.152 e. The molecule has 0 saturated heterocycles. The van der Waals surface area contributed by atoms with E-state index in [1.54, 1.807) is 0 Å². The first-order valence-electron chi connectivity index (χ1n) is 6.86. The Bertz CT molecular complexity index is 411. The van der Waals surface area contributed by atoms with Gasteiger partial charge in [-0.3, -0.25) is 4.79 Å². The summed E-state index contributed by atoms with van der Waals surface area (Å²) in [5, 5.41) is 0. The molecule has 2 nitrogen and oxygen atoms in total. The zero-order valence-corrected chi connectivity index (χ0v) is 11.3. The quantitative estimate of drug-likeness (QED) is 0.724. The average Bonchev–Trinajstić information content (AvgIpc) is 2.60. The maximum atomic E-state index is 11.2. The summed E-state index contributed by atoms with van der Waals surface area (Å²) in [5.41, 5.74) is 4.69. The third-order valence-corrected chi connectivity index (χ3v) is 4.29. The van der Waals surface area contributed by atoms with Crippen molar-refractivity contribution in [2.75, 3.05) is 0 Å². The van der Waals surface area contributed by atoms with Crippen LogP contribution in [0.1, 0.15) is 72.4 Å². The Labute approximate surface area is 104 Å². The zero-order chi connectivity index (χ0) is 12.4. The molecule has 1 aliphatic carbocycles. The van der Waals surface area contributed by atoms with Crippen LogP contribution in [0.2, 0.25) is 0 Å². The van der Waals surface area contributed by atoms with Gasteiger partial charge in [-0.2, -0.15) is 0 Å². The Balaban J connectivity index is 2.45. The molecule has 0 bridgehead atoms. The summed E-state index contributed by atoms with van der Waals surface area (Å²) in [6, 6.07) is 0.628. The van der Waals surface area contributed by atoms with E-state index in [4.69, 9.17) is 0 Å². The van der Waals surface area contributed by atoms with E-state index in [9.17, 15) is 4.79 Å². The van der Waals surface area contributed by atoms with Crippen molar-refractivity contribution in [1.29, 1.82) is 0 Å². The SMILES string of the molecule is CCc1c(C=O)c(C)n(C2CCCCC2)c1C. The molecule has 0 unspecified atom stereocenters. The highest BCUT2D eigenvalue weighted by molar-refractivity contribution is 5.80. The molecule has 1 heterocycles. The lowest BCUT2D eigenvalue weighted by Crippen LogP contribution is -2.15. The van der Waals surface area contributed by atoms with Gasteiger partial charge < -0.3 is 4.57 Å². The maximum Gasteiger partial charge on any atom is 0.152 e. The molecule has 2 heteroatoms. The lowest BCUT2D eigenvalue weighted by molar-refractivity contribution is 0.112. The third-order valence-electron chi connectivity index (χ3n) is 4.29. The van der Waals surface area contributed by atoms with Crippen molar-refractivity contribution < 1.29 is 4.79 Å². The van der Waals surface area contributed by atoms with E-state index in [-0.39, 0.29) is 0 Å². The third kappa shape index (κ3) is 2.05. The van der Waals surface area contributed by atoms with Crippen LogP contribution in [0.3, 0.4) is 0 Å². The van der Waals surface area contributed by atoms with E-state index in [2.05, 4.69) is 25.3 Å². The van der Waals surface area contributed by atoms with Crippen molar-refractivity contribution in [2.24, 2.45) is 0 Å². The van der Waals surface area contributed by atoms with E-state index in [0.717, 1.165) is 18.3 Å². The maximum absolute atomic E-state index is 11.2. The number of aldehydes is 1. The summed E-state index contributed by atoms with van der Waals surface area (Å²) in [4.78, 5) is 11.2.